The number of rotatable bonds is 6. The van der Waals surface area contributed by atoms with Gasteiger partial charge in [-0.3, -0.25) is 9.69 Å². The molecule has 2 fully saturated rings. The van der Waals surface area contributed by atoms with Crippen molar-refractivity contribution < 1.29 is 4.79 Å². The van der Waals surface area contributed by atoms with Gasteiger partial charge in [0, 0.05) is 22.3 Å². The van der Waals surface area contributed by atoms with Crippen LogP contribution in [0.4, 0.5) is 11.4 Å². The highest BCUT2D eigenvalue weighted by Crippen LogP contribution is 2.48. The number of anilines is 2. The number of thioether (sulfide) groups is 1. The second-order valence-electron chi connectivity index (χ2n) is 8.95. The van der Waals surface area contributed by atoms with Crippen molar-refractivity contribution in [2.45, 2.75) is 60.8 Å². The van der Waals surface area contributed by atoms with Crippen LogP contribution in [0.3, 0.4) is 0 Å². The quantitative estimate of drug-likeness (QED) is 0.461. The van der Waals surface area contributed by atoms with Crippen molar-refractivity contribution in [1.29, 1.82) is 0 Å². The second-order valence-corrected chi connectivity index (χ2v) is 11.2. The smallest absolute Gasteiger partial charge is 0.231 e. The summed E-state index contributed by atoms with van der Waals surface area (Å²) in [5, 5.41) is 0. The van der Waals surface area contributed by atoms with Gasteiger partial charge in [-0.1, -0.05) is 42.4 Å². The Labute approximate surface area is 195 Å². The maximum Gasteiger partial charge on any atom is 0.231 e. The lowest BCUT2D eigenvalue weighted by molar-refractivity contribution is -0.117. The van der Waals surface area contributed by atoms with Gasteiger partial charge in [-0.15, -0.1) is 0 Å². The minimum Gasteiger partial charge on any atom is -0.300 e. The standard InChI is InChI=1S/C26H32N2OS2/c29-26(15-8-18-30-19-20-9-7-17-27-16-6-5-10-21(20)27)28-22-11-1-3-13-24(22)31-25-14-4-2-12-23(25)28/h1-4,11-14,20-21H,5-10,15-19H2/t20-,21+/m0/s1. The molecule has 2 aromatic carbocycles. The molecule has 164 valence electrons. The van der Waals surface area contributed by atoms with E-state index in [9.17, 15) is 4.79 Å². The Hall–Kier alpha value is -1.43. The van der Waals surface area contributed by atoms with Gasteiger partial charge in [0.25, 0.3) is 0 Å². The molecule has 3 aliphatic heterocycles. The summed E-state index contributed by atoms with van der Waals surface area (Å²) in [5.74, 6) is 3.42. The molecular weight excluding hydrogens is 420 g/mol. The molecule has 3 heterocycles. The lowest BCUT2D eigenvalue weighted by Gasteiger charge is -2.44. The highest BCUT2D eigenvalue weighted by atomic mass is 32.2. The third-order valence-electron chi connectivity index (χ3n) is 6.92. The minimum atomic E-state index is 0.219. The molecule has 5 heteroatoms. The van der Waals surface area contributed by atoms with Crippen LogP contribution < -0.4 is 4.90 Å². The van der Waals surface area contributed by atoms with Crippen molar-refractivity contribution >= 4 is 40.8 Å². The number of nitrogens with zero attached hydrogens (tertiary/aromatic N) is 2. The van der Waals surface area contributed by atoms with Crippen molar-refractivity contribution in [3.05, 3.63) is 48.5 Å². The van der Waals surface area contributed by atoms with Crippen molar-refractivity contribution in [3.63, 3.8) is 0 Å². The van der Waals surface area contributed by atoms with Gasteiger partial charge in [-0.2, -0.15) is 11.8 Å². The fourth-order valence-electron chi connectivity index (χ4n) is 5.42. The van der Waals surface area contributed by atoms with Gasteiger partial charge in [0.05, 0.1) is 11.4 Å². The van der Waals surface area contributed by atoms with Crippen LogP contribution in [0.2, 0.25) is 0 Å². The molecule has 1 amide bonds. The van der Waals surface area contributed by atoms with E-state index in [1.54, 1.807) is 11.8 Å². The van der Waals surface area contributed by atoms with Crippen molar-refractivity contribution in [3.8, 4) is 0 Å². The fourth-order valence-corrected chi connectivity index (χ4v) is 7.68. The fraction of sp³-hybridized carbons (Fsp3) is 0.500. The molecule has 0 unspecified atom stereocenters. The van der Waals surface area contributed by atoms with E-state index < -0.39 is 0 Å². The van der Waals surface area contributed by atoms with Crippen LogP contribution in [-0.4, -0.2) is 41.4 Å². The molecule has 2 saturated heterocycles. The molecular formula is C26H32N2OS2. The van der Waals surface area contributed by atoms with E-state index in [4.69, 9.17) is 0 Å². The number of hydrogen-bond donors (Lipinski definition) is 0. The first-order chi connectivity index (χ1) is 15.3. The highest BCUT2D eigenvalue weighted by molar-refractivity contribution is 7.99. The Bertz CT molecular complexity index is 870. The average molecular weight is 453 g/mol. The van der Waals surface area contributed by atoms with Crippen LogP contribution in [0.25, 0.3) is 0 Å². The first-order valence-corrected chi connectivity index (χ1v) is 13.8. The lowest BCUT2D eigenvalue weighted by atomic mass is 9.85. The third kappa shape index (κ3) is 4.69. The zero-order chi connectivity index (χ0) is 21.0. The zero-order valence-electron chi connectivity index (χ0n) is 18.2. The maximum atomic E-state index is 13.3. The summed E-state index contributed by atoms with van der Waals surface area (Å²) in [5.41, 5.74) is 2.06. The predicted octanol–water partition coefficient (Wildman–Crippen LogP) is 6.59. The molecule has 31 heavy (non-hydrogen) atoms. The Morgan fingerprint density at radius 2 is 1.65 bits per heavy atom. The number of carbonyl (C=O) groups is 1. The van der Waals surface area contributed by atoms with Gasteiger partial charge in [0.2, 0.25) is 5.91 Å². The molecule has 2 atom stereocenters. The number of piperidine rings is 2. The zero-order valence-corrected chi connectivity index (χ0v) is 19.8. The molecule has 0 aliphatic carbocycles. The predicted molar refractivity (Wildman–Crippen MR) is 133 cm³/mol. The summed E-state index contributed by atoms with van der Waals surface area (Å²) < 4.78 is 0. The van der Waals surface area contributed by atoms with Gasteiger partial charge in [-0.05, 0) is 86.9 Å². The molecule has 3 nitrogen and oxygen atoms in total. The van der Waals surface area contributed by atoms with E-state index in [1.165, 1.54) is 60.7 Å². The Balaban J connectivity index is 1.15. The van der Waals surface area contributed by atoms with E-state index in [0.29, 0.717) is 6.42 Å². The van der Waals surface area contributed by atoms with Crippen LogP contribution in [0, 0.1) is 5.92 Å². The molecule has 5 rings (SSSR count). The summed E-state index contributed by atoms with van der Waals surface area (Å²) in [4.78, 5) is 20.3. The number of para-hydroxylation sites is 2. The van der Waals surface area contributed by atoms with Crippen LogP contribution in [-0.2, 0) is 4.79 Å². The lowest BCUT2D eigenvalue weighted by Crippen LogP contribution is -2.48. The Morgan fingerprint density at radius 1 is 0.935 bits per heavy atom. The first-order valence-electron chi connectivity index (χ1n) is 11.8. The molecule has 0 saturated carbocycles. The molecule has 0 spiro atoms. The summed E-state index contributed by atoms with van der Waals surface area (Å²) in [6.45, 7) is 2.63. The summed E-state index contributed by atoms with van der Waals surface area (Å²) in [7, 11) is 0. The minimum absolute atomic E-state index is 0.219. The van der Waals surface area contributed by atoms with Crippen LogP contribution in [0.5, 0.6) is 0 Å². The number of hydrogen-bond acceptors (Lipinski definition) is 4. The molecule has 0 aromatic heterocycles. The van der Waals surface area contributed by atoms with Crippen LogP contribution in [0.1, 0.15) is 44.9 Å². The summed E-state index contributed by atoms with van der Waals surface area (Å²) >= 11 is 3.83. The Morgan fingerprint density at radius 3 is 2.42 bits per heavy atom. The normalized spacial score (nSPS) is 23.0. The number of amides is 1. The monoisotopic (exact) mass is 452 g/mol. The molecule has 0 radical (unpaired) electrons. The Kier molecular flexibility index (Phi) is 6.92. The average Bonchev–Trinajstić information content (AvgIpc) is 2.82. The number of fused-ring (bicyclic) bond motifs is 3. The number of benzene rings is 2. The van der Waals surface area contributed by atoms with Crippen LogP contribution >= 0.6 is 23.5 Å². The third-order valence-corrected chi connectivity index (χ3v) is 9.29. The second kappa shape index (κ2) is 10.0. The van der Waals surface area contributed by atoms with Crippen molar-refractivity contribution in [2.75, 3.05) is 29.5 Å². The van der Waals surface area contributed by atoms with E-state index in [1.807, 2.05) is 17.0 Å². The summed E-state index contributed by atoms with van der Waals surface area (Å²) in [6.07, 6.45) is 8.53. The van der Waals surface area contributed by atoms with E-state index in [0.717, 1.165) is 35.5 Å². The van der Waals surface area contributed by atoms with E-state index >= 15 is 0 Å². The highest BCUT2D eigenvalue weighted by Gasteiger charge is 2.32. The van der Waals surface area contributed by atoms with Crippen molar-refractivity contribution in [2.24, 2.45) is 5.92 Å². The molecule has 0 bridgehead atoms. The molecule has 0 N–H and O–H groups in total. The first kappa shape index (κ1) is 21.4. The topological polar surface area (TPSA) is 23.6 Å². The SMILES string of the molecule is O=C(CCCSC[C@@H]1CCCN2CCCC[C@H]12)N1c2ccccc2Sc2ccccc21. The van der Waals surface area contributed by atoms with Crippen molar-refractivity contribution in [1.82, 2.24) is 4.90 Å². The van der Waals surface area contributed by atoms with Gasteiger partial charge in [0.1, 0.15) is 0 Å². The van der Waals surface area contributed by atoms with Gasteiger partial charge in [0.15, 0.2) is 0 Å². The van der Waals surface area contributed by atoms with Gasteiger partial charge in [-0.25, -0.2) is 0 Å². The maximum absolute atomic E-state index is 13.3. The van der Waals surface area contributed by atoms with Crippen LogP contribution in [0.15, 0.2) is 58.3 Å². The molecule has 3 aliphatic rings. The van der Waals surface area contributed by atoms with E-state index in [-0.39, 0.29) is 5.91 Å². The largest absolute Gasteiger partial charge is 0.300 e. The summed E-state index contributed by atoms with van der Waals surface area (Å²) in [6, 6.07) is 17.4. The van der Waals surface area contributed by atoms with Gasteiger partial charge < -0.3 is 4.90 Å². The van der Waals surface area contributed by atoms with Gasteiger partial charge >= 0.3 is 0 Å². The molecule has 2 aromatic rings. The van der Waals surface area contributed by atoms with E-state index in [2.05, 4.69) is 53.1 Å². The number of carbonyl (C=O) groups excluding carboxylic acids is 1.